The molecule has 0 radical (unpaired) electrons. The number of carbonyl (C=O) groups excluding carboxylic acids is 1. The second-order valence-corrected chi connectivity index (χ2v) is 5.44. The van der Waals surface area contributed by atoms with E-state index in [-0.39, 0.29) is 11.9 Å². The standard InChI is InChI=1S/C14H15Cl2N3O2/c1-8(10-6-17-18-7-10)19-14(20)9(2)21-13-4-3-11(15)5-12(13)16/h3-9H,1-2H3,(H,17,18)(H,19,20). The third-order valence-electron chi connectivity index (χ3n) is 2.95. The van der Waals surface area contributed by atoms with Gasteiger partial charge in [0.15, 0.2) is 6.10 Å². The molecule has 1 heterocycles. The Morgan fingerprint density at radius 3 is 2.76 bits per heavy atom. The summed E-state index contributed by atoms with van der Waals surface area (Å²) in [6, 6.07) is 4.69. The highest BCUT2D eigenvalue weighted by Gasteiger charge is 2.19. The summed E-state index contributed by atoms with van der Waals surface area (Å²) >= 11 is 11.8. The lowest BCUT2D eigenvalue weighted by Crippen LogP contribution is -2.37. The molecule has 0 saturated heterocycles. The average Bonchev–Trinajstić information content (AvgIpc) is 2.95. The summed E-state index contributed by atoms with van der Waals surface area (Å²) in [5.74, 6) is 0.175. The van der Waals surface area contributed by atoms with E-state index in [9.17, 15) is 4.79 Å². The number of aromatic amines is 1. The molecule has 1 aromatic heterocycles. The van der Waals surface area contributed by atoms with Crippen LogP contribution in [0.25, 0.3) is 0 Å². The van der Waals surface area contributed by atoms with Gasteiger partial charge in [0, 0.05) is 16.8 Å². The zero-order valence-corrected chi connectivity index (χ0v) is 13.1. The molecule has 5 nitrogen and oxygen atoms in total. The van der Waals surface area contributed by atoms with Gasteiger partial charge in [-0.1, -0.05) is 23.2 Å². The van der Waals surface area contributed by atoms with E-state index in [2.05, 4.69) is 15.5 Å². The number of hydrogen-bond acceptors (Lipinski definition) is 3. The van der Waals surface area contributed by atoms with E-state index >= 15 is 0 Å². The summed E-state index contributed by atoms with van der Waals surface area (Å²) in [5.41, 5.74) is 0.889. The highest BCUT2D eigenvalue weighted by molar-refractivity contribution is 6.35. The summed E-state index contributed by atoms with van der Waals surface area (Å²) in [6.07, 6.45) is 2.71. The normalized spacial score (nSPS) is 13.5. The SMILES string of the molecule is CC(Oc1ccc(Cl)cc1Cl)C(=O)NC(C)c1cn[nH]c1. The van der Waals surface area contributed by atoms with E-state index in [0.29, 0.717) is 15.8 Å². The van der Waals surface area contributed by atoms with Crippen molar-refractivity contribution in [1.82, 2.24) is 15.5 Å². The third kappa shape index (κ3) is 4.12. The molecular weight excluding hydrogens is 313 g/mol. The maximum atomic E-state index is 12.1. The molecule has 7 heteroatoms. The Hall–Kier alpha value is -1.72. The maximum absolute atomic E-state index is 12.1. The van der Waals surface area contributed by atoms with Gasteiger partial charge in [0.2, 0.25) is 0 Å². The molecule has 2 N–H and O–H groups in total. The van der Waals surface area contributed by atoms with E-state index in [0.717, 1.165) is 5.56 Å². The van der Waals surface area contributed by atoms with Crippen LogP contribution in [0.1, 0.15) is 25.5 Å². The molecule has 0 saturated carbocycles. The fourth-order valence-corrected chi connectivity index (χ4v) is 2.18. The summed E-state index contributed by atoms with van der Waals surface area (Å²) in [4.78, 5) is 12.1. The Balaban J connectivity index is 1.96. The molecule has 0 aliphatic carbocycles. The first-order chi connectivity index (χ1) is 9.97. The van der Waals surface area contributed by atoms with Crippen molar-refractivity contribution in [1.29, 1.82) is 0 Å². The number of hydrogen-bond donors (Lipinski definition) is 2. The van der Waals surface area contributed by atoms with Crippen molar-refractivity contribution in [3.05, 3.63) is 46.2 Å². The number of H-pyrrole nitrogens is 1. The van der Waals surface area contributed by atoms with Gasteiger partial charge in [-0.15, -0.1) is 0 Å². The quantitative estimate of drug-likeness (QED) is 0.884. The smallest absolute Gasteiger partial charge is 0.261 e. The van der Waals surface area contributed by atoms with Crippen LogP contribution in [0.4, 0.5) is 0 Å². The van der Waals surface area contributed by atoms with Crippen molar-refractivity contribution in [2.24, 2.45) is 0 Å². The minimum Gasteiger partial charge on any atom is -0.479 e. The Kier molecular flexibility index (Phi) is 5.09. The summed E-state index contributed by atoms with van der Waals surface area (Å²) in [7, 11) is 0. The van der Waals surface area contributed by atoms with Crippen LogP contribution in [0.5, 0.6) is 5.75 Å². The van der Waals surface area contributed by atoms with Gasteiger partial charge in [-0.25, -0.2) is 0 Å². The molecule has 0 bridgehead atoms. The van der Waals surface area contributed by atoms with Crippen LogP contribution in [-0.4, -0.2) is 22.2 Å². The molecule has 0 aliphatic rings. The second kappa shape index (κ2) is 6.83. The predicted octanol–water partition coefficient (Wildman–Crippen LogP) is 3.36. The molecule has 2 unspecified atom stereocenters. The van der Waals surface area contributed by atoms with Crippen LogP contribution >= 0.6 is 23.2 Å². The van der Waals surface area contributed by atoms with E-state index < -0.39 is 6.10 Å². The van der Waals surface area contributed by atoms with Gasteiger partial charge in [0.25, 0.3) is 5.91 Å². The molecule has 21 heavy (non-hydrogen) atoms. The fourth-order valence-electron chi connectivity index (χ4n) is 1.73. The fraction of sp³-hybridized carbons (Fsp3) is 0.286. The molecule has 2 rings (SSSR count). The minimum absolute atomic E-state index is 0.164. The monoisotopic (exact) mass is 327 g/mol. The van der Waals surface area contributed by atoms with Gasteiger partial charge in [0.05, 0.1) is 17.3 Å². The molecule has 1 aromatic carbocycles. The van der Waals surface area contributed by atoms with Crippen molar-refractivity contribution >= 4 is 29.1 Å². The van der Waals surface area contributed by atoms with Gasteiger partial charge in [-0.3, -0.25) is 9.89 Å². The molecule has 2 aromatic rings. The molecular formula is C14H15Cl2N3O2. The highest BCUT2D eigenvalue weighted by Crippen LogP contribution is 2.28. The predicted molar refractivity (Wildman–Crippen MR) is 81.7 cm³/mol. The first kappa shape index (κ1) is 15.7. The van der Waals surface area contributed by atoms with Crippen molar-refractivity contribution in [2.75, 3.05) is 0 Å². The number of amides is 1. The van der Waals surface area contributed by atoms with Crippen molar-refractivity contribution in [3.63, 3.8) is 0 Å². The summed E-state index contributed by atoms with van der Waals surface area (Å²) in [5, 5.41) is 10.3. The summed E-state index contributed by atoms with van der Waals surface area (Å²) in [6.45, 7) is 3.52. The summed E-state index contributed by atoms with van der Waals surface area (Å²) < 4.78 is 5.55. The molecule has 0 aliphatic heterocycles. The molecule has 0 spiro atoms. The number of ether oxygens (including phenoxy) is 1. The van der Waals surface area contributed by atoms with Gasteiger partial charge in [-0.05, 0) is 32.0 Å². The van der Waals surface area contributed by atoms with Crippen LogP contribution in [0.15, 0.2) is 30.6 Å². The van der Waals surface area contributed by atoms with E-state index in [4.69, 9.17) is 27.9 Å². The Bertz CT molecular complexity index is 617. The van der Waals surface area contributed by atoms with Crippen molar-refractivity contribution in [3.8, 4) is 5.75 Å². The van der Waals surface area contributed by atoms with Crippen LogP contribution in [0.2, 0.25) is 10.0 Å². The maximum Gasteiger partial charge on any atom is 0.261 e. The zero-order chi connectivity index (χ0) is 15.4. The number of rotatable bonds is 5. The lowest BCUT2D eigenvalue weighted by molar-refractivity contribution is -0.127. The highest BCUT2D eigenvalue weighted by atomic mass is 35.5. The van der Waals surface area contributed by atoms with Gasteiger partial charge < -0.3 is 10.1 Å². The lowest BCUT2D eigenvalue weighted by Gasteiger charge is -2.18. The van der Waals surface area contributed by atoms with Gasteiger partial charge in [-0.2, -0.15) is 5.10 Å². The third-order valence-corrected chi connectivity index (χ3v) is 3.48. The largest absolute Gasteiger partial charge is 0.479 e. The van der Waals surface area contributed by atoms with Crippen LogP contribution in [-0.2, 0) is 4.79 Å². The van der Waals surface area contributed by atoms with Crippen LogP contribution in [0.3, 0.4) is 0 Å². The molecule has 0 fully saturated rings. The topological polar surface area (TPSA) is 67.0 Å². The zero-order valence-electron chi connectivity index (χ0n) is 11.6. The number of benzene rings is 1. The van der Waals surface area contributed by atoms with Gasteiger partial charge >= 0.3 is 0 Å². The number of nitrogens with zero attached hydrogens (tertiary/aromatic N) is 1. The minimum atomic E-state index is -0.682. The number of halogens is 2. The van der Waals surface area contributed by atoms with E-state index in [1.54, 1.807) is 37.5 Å². The first-order valence-corrected chi connectivity index (χ1v) is 7.13. The van der Waals surface area contributed by atoms with Crippen LogP contribution < -0.4 is 10.1 Å². The second-order valence-electron chi connectivity index (χ2n) is 4.60. The lowest BCUT2D eigenvalue weighted by atomic mass is 10.2. The number of nitrogens with one attached hydrogen (secondary N) is 2. The van der Waals surface area contributed by atoms with E-state index in [1.165, 1.54) is 0 Å². The molecule has 2 atom stereocenters. The van der Waals surface area contributed by atoms with Crippen LogP contribution in [0, 0.1) is 0 Å². The Morgan fingerprint density at radius 2 is 2.14 bits per heavy atom. The molecule has 112 valence electrons. The average molecular weight is 328 g/mol. The van der Waals surface area contributed by atoms with Gasteiger partial charge in [0.1, 0.15) is 5.75 Å². The van der Waals surface area contributed by atoms with Crippen molar-refractivity contribution in [2.45, 2.75) is 26.0 Å². The number of carbonyl (C=O) groups is 1. The Morgan fingerprint density at radius 1 is 1.38 bits per heavy atom. The van der Waals surface area contributed by atoms with E-state index in [1.807, 2.05) is 6.92 Å². The Labute approximate surface area is 132 Å². The number of aromatic nitrogens is 2. The van der Waals surface area contributed by atoms with Crippen molar-refractivity contribution < 1.29 is 9.53 Å². The molecule has 1 amide bonds. The first-order valence-electron chi connectivity index (χ1n) is 6.38.